The number of rotatable bonds is 3. The Morgan fingerprint density at radius 3 is 2.91 bits per heavy atom. The molecule has 2 saturated heterocycles. The van der Waals surface area contributed by atoms with Crippen LogP contribution in [0.15, 0.2) is 28.7 Å². The minimum atomic E-state index is -0.537. The van der Waals surface area contributed by atoms with Gasteiger partial charge in [0.05, 0.1) is 0 Å². The third kappa shape index (κ3) is 2.90. The van der Waals surface area contributed by atoms with Crippen LogP contribution in [-0.4, -0.2) is 49.4 Å². The quantitative estimate of drug-likeness (QED) is 0.828. The number of amides is 2. The normalized spacial score (nSPS) is 24.8. The lowest BCUT2D eigenvalue weighted by Gasteiger charge is -2.26. The molecule has 0 aromatic heterocycles. The van der Waals surface area contributed by atoms with Gasteiger partial charge >= 0.3 is 0 Å². The summed E-state index contributed by atoms with van der Waals surface area (Å²) >= 11 is 3.42. The first-order valence-electron chi connectivity index (χ1n) is 7.62. The second-order valence-electron chi connectivity index (χ2n) is 5.91. The van der Waals surface area contributed by atoms with Gasteiger partial charge in [-0.25, -0.2) is 0 Å². The zero-order valence-corrected chi connectivity index (χ0v) is 14.2. The SMILES string of the molecule is CN(C(=O)C1CCN(c2cccc(Br)c2)C1=O)C1CCNC1. The molecular weight excluding hydrogens is 346 g/mol. The van der Waals surface area contributed by atoms with E-state index in [0.29, 0.717) is 13.0 Å². The average Bonchev–Trinajstić information content (AvgIpc) is 3.15. The predicted molar refractivity (Wildman–Crippen MR) is 88.6 cm³/mol. The van der Waals surface area contributed by atoms with Gasteiger partial charge in [0.15, 0.2) is 0 Å². The van der Waals surface area contributed by atoms with E-state index >= 15 is 0 Å². The van der Waals surface area contributed by atoms with Crippen LogP contribution in [-0.2, 0) is 9.59 Å². The van der Waals surface area contributed by atoms with Crippen molar-refractivity contribution < 1.29 is 9.59 Å². The lowest BCUT2D eigenvalue weighted by molar-refractivity contribution is -0.140. The van der Waals surface area contributed by atoms with E-state index in [1.807, 2.05) is 31.3 Å². The van der Waals surface area contributed by atoms with Crippen molar-refractivity contribution >= 4 is 33.4 Å². The molecule has 2 aliphatic heterocycles. The van der Waals surface area contributed by atoms with E-state index in [1.54, 1.807) is 9.80 Å². The molecule has 1 aromatic rings. The minimum Gasteiger partial charge on any atom is -0.341 e. The Kier molecular flexibility index (Phi) is 4.49. The number of nitrogens with zero attached hydrogens (tertiary/aromatic N) is 2. The minimum absolute atomic E-state index is 0.0452. The van der Waals surface area contributed by atoms with E-state index in [2.05, 4.69) is 21.2 Å². The molecule has 0 saturated carbocycles. The highest BCUT2D eigenvalue weighted by atomic mass is 79.9. The van der Waals surface area contributed by atoms with E-state index in [0.717, 1.165) is 29.7 Å². The maximum atomic E-state index is 12.6. The van der Waals surface area contributed by atoms with E-state index in [1.165, 1.54) is 0 Å². The van der Waals surface area contributed by atoms with Crippen LogP contribution in [0.25, 0.3) is 0 Å². The summed E-state index contributed by atoms with van der Waals surface area (Å²) in [5.74, 6) is -0.665. The van der Waals surface area contributed by atoms with Crippen LogP contribution >= 0.6 is 15.9 Å². The molecule has 0 aliphatic carbocycles. The summed E-state index contributed by atoms with van der Waals surface area (Å²) in [4.78, 5) is 28.7. The van der Waals surface area contributed by atoms with Crippen LogP contribution in [0.2, 0.25) is 0 Å². The van der Waals surface area contributed by atoms with Crippen molar-refractivity contribution in [1.82, 2.24) is 10.2 Å². The van der Waals surface area contributed by atoms with Gasteiger partial charge in [-0.1, -0.05) is 22.0 Å². The number of likely N-dealkylation sites (N-methyl/N-ethyl adjacent to an activating group) is 1. The van der Waals surface area contributed by atoms with Gasteiger partial charge in [0, 0.05) is 36.3 Å². The van der Waals surface area contributed by atoms with Gasteiger partial charge in [-0.3, -0.25) is 9.59 Å². The molecule has 2 aliphatic rings. The standard InChI is InChI=1S/C16H20BrN3O2/c1-19(13-5-7-18-10-13)15(21)14-6-8-20(16(14)22)12-4-2-3-11(17)9-12/h2-4,9,13-14,18H,5-8,10H2,1H3. The Labute approximate surface area is 138 Å². The molecule has 2 amide bonds. The van der Waals surface area contributed by atoms with E-state index < -0.39 is 5.92 Å². The Hall–Kier alpha value is -1.40. The van der Waals surface area contributed by atoms with Gasteiger partial charge in [0.25, 0.3) is 0 Å². The molecule has 1 aromatic carbocycles. The van der Waals surface area contributed by atoms with Crippen LogP contribution in [0.4, 0.5) is 5.69 Å². The van der Waals surface area contributed by atoms with E-state index in [9.17, 15) is 9.59 Å². The second kappa shape index (κ2) is 6.38. The largest absolute Gasteiger partial charge is 0.341 e. The lowest BCUT2D eigenvalue weighted by Crippen LogP contribution is -2.44. The summed E-state index contributed by atoms with van der Waals surface area (Å²) < 4.78 is 0.932. The van der Waals surface area contributed by atoms with Gasteiger partial charge in [-0.05, 0) is 37.6 Å². The molecular formula is C16H20BrN3O2. The monoisotopic (exact) mass is 365 g/mol. The maximum absolute atomic E-state index is 12.6. The fourth-order valence-corrected chi connectivity index (χ4v) is 3.59. The number of halogens is 1. The van der Waals surface area contributed by atoms with Gasteiger partial charge in [-0.2, -0.15) is 0 Å². The number of benzene rings is 1. The van der Waals surface area contributed by atoms with Crippen molar-refractivity contribution in [1.29, 1.82) is 0 Å². The second-order valence-corrected chi connectivity index (χ2v) is 6.82. The van der Waals surface area contributed by atoms with Crippen LogP contribution in [0.3, 0.4) is 0 Å². The maximum Gasteiger partial charge on any atom is 0.239 e. The molecule has 3 rings (SSSR count). The molecule has 0 spiro atoms. The molecule has 2 unspecified atom stereocenters. The zero-order chi connectivity index (χ0) is 15.7. The number of hydrogen-bond donors (Lipinski definition) is 1. The van der Waals surface area contributed by atoms with Gasteiger partial charge in [-0.15, -0.1) is 0 Å². The van der Waals surface area contributed by atoms with Crippen LogP contribution in [0.5, 0.6) is 0 Å². The van der Waals surface area contributed by atoms with Crippen molar-refractivity contribution in [3.8, 4) is 0 Å². The lowest BCUT2D eigenvalue weighted by atomic mass is 10.1. The molecule has 2 fully saturated rings. The summed E-state index contributed by atoms with van der Waals surface area (Å²) in [6, 6.07) is 7.85. The van der Waals surface area contributed by atoms with Crippen molar-refractivity contribution in [2.24, 2.45) is 5.92 Å². The van der Waals surface area contributed by atoms with Crippen molar-refractivity contribution in [3.63, 3.8) is 0 Å². The average molecular weight is 366 g/mol. The van der Waals surface area contributed by atoms with Crippen LogP contribution in [0.1, 0.15) is 12.8 Å². The fourth-order valence-electron chi connectivity index (χ4n) is 3.21. The van der Waals surface area contributed by atoms with Crippen LogP contribution in [0, 0.1) is 5.92 Å². The summed E-state index contributed by atoms with van der Waals surface area (Å²) in [6.45, 7) is 2.35. The van der Waals surface area contributed by atoms with Crippen molar-refractivity contribution in [2.45, 2.75) is 18.9 Å². The number of nitrogens with one attached hydrogen (secondary N) is 1. The van der Waals surface area contributed by atoms with Gasteiger partial charge in [0.1, 0.15) is 5.92 Å². The smallest absolute Gasteiger partial charge is 0.239 e. The number of carbonyl (C=O) groups is 2. The Morgan fingerprint density at radius 2 is 2.23 bits per heavy atom. The molecule has 2 heterocycles. The molecule has 2 atom stereocenters. The summed E-state index contributed by atoms with van der Waals surface area (Å²) in [5.41, 5.74) is 0.847. The predicted octanol–water partition coefficient (Wildman–Crippen LogP) is 1.62. The fraction of sp³-hybridized carbons (Fsp3) is 0.500. The Bertz CT molecular complexity index is 587. The molecule has 22 heavy (non-hydrogen) atoms. The third-order valence-corrected chi connectivity index (χ3v) is 5.05. The third-order valence-electron chi connectivity index (χ3n) is 4.55. The topological polar surface area (TPSA) is 52.7 Å². The molecule has 0 radical (unpaired) electrons. The highest BCUT2D eigenvalue weighted by Gasteiger charge is 2.40. The molecule has 0 bridgehead atoms. The van der Waals surface area contributed by atoms with Gasteiger partial charge < -0.3 is 15.1 Å². The van der Waals surface area contributed by atoms with Crippen molar-refractivity contribution in [3.05, 3.63) is 28.7 Å². The molecule has 118 valence electrons. The Morgan fingerprint density at radius 1 is 1.41 bits per heavy atom. The van der Waals surface area contributed by atoms with Crippen LogP contribution < -0.4 is 10.2 Å². The zero-order valence-electron chi connectivity index (χ0n) is 12.6. The summed E-state index contributed by atoms with van der Waals surface area (Å²) in [5, 5.41) is 3.26. The first kappa shape index (κ1) is 15.5. The first-order chi connectivity index (χ1) is 10.6. The highest BCUT2D eigenvalue weighted by Crippen LogP contribution is 2.28. The molecule has 6 heteroatoms. The van der Waals surface area contributed by atoms with E-state index in [4.69, 9.17) is 0 Å². The highest BCUT2D eigenvalue weighted by molar-refractivity contribution is 9.10. The molecule has 1 N–H and O–H groups in total. The number of hydrogen-bond acceptors (Lipinski definition) is 3. The van der Waals surface area contributed by atoms with Crippen molar-refractivity contribution in [2.75, 3.05) is 31.6 Å². The molecule has 5 nitrogen and oxygen atoms in total. The summed E-state index contributed by atoms with van der Waals surface area (Å²) in [7, 11) is 1.81. The van der Waals surface area contributed by atoms with Gasteiger partial charge in [0.2, 0.25) is 11.8 Å². The van der Waals surface area contributed by atoms with E-state index in [-0.39, 0.29) is 17.9 Å². The number of anilines is 1. The summed E-state index contributed by atoms with van der Waals surface area (Å²) in [6.07, 6.45) is 1.55. The number of carbonyl (C=O) groups excluding carboxylic acids is 2. The first-order valence-corrected chi connectivity index (χ1v) is 8.41. The Balaban J connectivity index is 1.71.